The van der Waals surface area contributed by atoms with E-state index in [1.807, 2.05) is 6.92 Å². The van der Waals surface area contributed by atoms with Crippen LogP contribution in [0.1, 0.15) is 13.3 Å². The predicted molar refractivity (Wildman–Crippen MR) is 55.4 cm³/mol. The van der Waals surface area contributed by atoms with Crippen molar-refractivity contribution in [3.63, 3.8) is 0 Å². The van der Waals surface area contributed by atoms with Crippen molar-refractivity contribution >= 4 is 22.5 Å². The first-order valence-corrected chi connectivity index (χ1v) is 5.22. The van der Waals surface area contributed by atoms with Crippen molar-refractivity contribution in [2.24, 2.45) is 0 Å². The third kappa shape index (κ3) is 3.31. The van der Waals surface area contributed by atoms with Crippen molar-refractivity contribution in [2.45, 2.75) is 19.4 Å². The molecule has 0 saturated heterocycles. The Labute approximate surface area is 86.2 Å². The van der Waals surface area contributed by atoms with Crippen molar-refractivity contribution < 1.29 is 9.90 Å². The second kappa shape index (κ2) is 5.56. The molecule has 78 valence electrons. The van der Waals surface area contributed by atoms with Crippen molar-refractivity contribution in [2.75, 3.05) is 11.9 Å². The topological polar surface area (TPSA) is 74.2 Å². The number of aliphatic hydroxyl groups excluding tert-OH is 1. The Morgan fingerprint density at radius 3 is 3.07 bits per heavy atom. The van der Waals surface area contributed by atoms with Gasteiger partial charge in [0.05, 0.1) is 12.6 Å². The van der Waals surface area contributed by atoms with E-state index < -0.39 is 0 Å². The molecule has 1 heterocycles. The van der Waals surface area contributed by atoms with Crippen LogP contribution >= 0.6 is 11.3 Å². The molecular formula is C8H13N3O2S. The summed E-state index contributed by atoms with van der Waals surface area (Å²) >= 11 is 1.35. The second-order valence-electron chi connectivity index (χ2n) is 2.72. The SMILES string of the molecule is CC[C@@H](CO)NC(=O)Nc1nccs1. The van der Waals surface area contributed by atoms with Crippen LogP contribution in [0.4, 0.5) is 9.93 Å². The molecule has 0 fully saturated rings. The third-order valence-electron chi connectivity index (χ3n) is 1.70. The molecule has 3 N–H and O–H groups in total. The molecule has 0 aliphatic heterocycles. The summed E-state index contributed by atoms with van der Waals surface area (Å²) in [6, 6.07) is -0.532. The molecule has 1 rings (SSSR count). The molecule has 0 radical (unpaired) electrons. The number of aromatic nitrogens is 1. The fourth-order valence-electron chi connectivity index (χ4n) is 0.881. The van der Waals surface area contributed by atoms with Crippen LogP contribution in [0.2, 0.25) is 0 Å². The molecule has 0 unspecified atom stereocenters. The van der Waals surface area contributed by atoms with Crippen molar-refractivity contribution in [3.8, 4) is 0 Å². The fourth-order valence-corrected chi connectivity index (χ4v) is 1.40. The minimum absolute atomic E-state index is 0.0538. The summed E-state index contributed by atoms with van der Waals surface area (Å²) in [4.78, 5) is 15.2. The Hall–Kier alpha value is -1.14. The van der Waals surface area contributed by atoms with Crippen LogP contribution in [0.25, 0.3) is 0 Å². The molecule has 0 spiro atoms. The molecule has 0 aliphatic rings. The number of rotatable bonds is 4. The van der Waals surface area contributed by atoms with Crippen LogP contribution in [0.5, 0.6) is 0 Å². The quantitative estimate of drug-likeness (QED) is 0.702. The van der Waals surface area contributed by atoms with Gasteiger partial charge in [-0.1, -0.05) is 6.92 Å². The van der Waals surface area contributed by atoms with E-state index in [0.29, 0.717) is 11.6 Å². The lowest BCUT2D eigenvalue weighted by Crippen LogP contribution is -2.39. The van der Waals surface area contributed by atoms with Gasteiger partial charge in [0.2, 0.25) is 0 Å². The molecule has 5 nitrogen and oxygen atoms in total. The molecule has 2 amide bonds. The van der Waals surface area contributed by atoms with E-state index in [4.69, 9.17) is 5.11 Å². The number of carbonyl (C=O) groups is 1. The Kier molecular flexibility index (Phi) is 4.34. The molecular weight excluding hydrogens is 202 g/mol. The van der Waals surface area contributed by atoms with Gasteiger partial charge in [0, 0.05) is 11.6 Å². The van der Waals surface area contributed by atoms with E-state index in [1.165, 1.54) is 11.3 Å². The van der Waals surface area contributed by atoms with Crippen LogP contribution < -0.4 is 10.6 Å². The van der Waals surface area contributed by atoms with Gasteiger partial charge < -0.3 is 10.4 Å². The number of hydrogen-bond donors (Lipinski definition) is 3. The van der Waals surface area contributed by atoms with E-state index in [9.17, 15) is 4.79 Å². The maximum Gasteiger partial charge on any atom is 0.321 e. The monoisotopic (exact) mass is 215 g/mol. The Balaban J connectivity index is 2.35. The Morgan fingerprint density at radius 2 is 2.57 bits per heavy atom. The first-order valence-electron chi connectivity index (χ1n) is 4.34. The van der Waals surface area contributed by atoms with Crippen molar-refractivity contribution in [3.05, 3.63) is 11.6 Å². The number of nitrogens with zero attached hydrogens (tertiary/aromatic N) is 1. The average molecular weight is 215 g/mol. The van der Waals surface area contributed by atoms with Gasteiger partial charge in [-0.2, -0.15) is 0 Å². The maximum atomic E-state index is 11.3. The third-order valence-corrected chi connectivity index (χ3v) is 2.39. The van der Waals surface area contributed by atoms with Crippen LogP contribution in [-0.4, -0.2) is 28.8 Å². The molecule has 1 aromatic heterocycles. The summed E-state index contributed by atoms with van der Waals surface area (Å²) in [5.41, 5.74) is 0. The molecule has 0 aromatic carbocycles. The lowest BCUT2D eigenvalue weighted by molar-refractivity contribution is 0.222. The van der Waals surface area contributed by atoms with Gasteiger partial charge in [0.1, 0.15) is 0 Å². The standard InChI is InChI=1S/C8H13N3O2S/c1-2-6(5-12)10-7(13)11-8-9-3-4-14-8/h3-4,6,12H,2,5H2,1H3,(H2,9,10,11,13)/t6-/m0/s1. The lowest BCUT2D eigenvalue weighted by atomic mass is 10.2. The molecule has 0 saturated carbocycles. The predicted octanol–water partition coefficient (Wildman–Crippen LogP) is 1.04. The summed E-state index contributed by atoms with van der Waals surface area (Å²) in [5, 5.41) is 16.4. The van der Waals surface area contributed by atoms with Crippen molar-refractivity contribution in [1.29, 1.82) is 0 Å². The van der Waals surface area contributed by atoms with Crippen LogP contribution in [0, 0.1) is 0 Å². The normalized spacial score (nSPS) is 12.1. The average Bonchev–Trinajstić information content (AvgIpc) is 2.66. The summed E-state index contributed by atoms with van der Waals surface area (Å²) in [6.07, 6.45) is 2.31. The molecule has 6 heteroatoms. The zero-order chi connectivity index (χ0) is 10.4. The van der Waals surface area contributed by atoms with Gasteiger partial charge in [-0.3, -0.25) is 5.32 Å². The maximum absolute atomic E-state index is 11.3. The highest BCUT2D eigenvalue weighted by atomic mass is 32.1. The number of thiazole rings is 1. The zero-order valence-corrected chi connectivity index (χ0v) is 8.67. The summed E-state index contributed by atoms with van der Waals surface area (Å²) in [5.74, 6) is 0. The smallest absolute Gasteiger partial charge is 0.321 e. The number of nitrogens with one attached hydrogen (secondary N) is 2. The minimum atomic E-state index is -0.333. The minimum Gasteiger partial charge on any atom is -0.394 e. The highest BCUT2D eigenvalue weighted by molar-refractivity contribution is 7.13. The number of anilines is 1. The first-order chi connectivity index (χ1) is 6.76. The Morgan fingerprint density at radius 1 is 1.79 bits per heavy atom. The number of carbonyl (C=O) groups excluding carboxylic acids is 1. The second-order valence-corrected chi connectivity index (χ2v) is 3.62. The van der Waals surface area contributed by atoms with Crippen LogP contribution in [0.3, 0.4) is 0 Å². The van der Waals surface area contributed by atoms with Gasteiger partial charge in [-0.15, -0.1) is 11.3 Å². The van der Waals surface area contributed by atoms with E-state index in [-0.39, 0.29) is 18.7 Å². The number of urea groups is 1. The molecule has 1 aromatic rings. The lowest BCUT2D eigenvalue weighted by Gasteiger charge is -2.13. The van der Waals surface area contributed by atoms with E-state index in [2.05, 4.69) is 15.6 Å². The van der Waals surface area contributed by atoms with Gasteiger partial charge in [0.25, 0.3) is 0 Å². The Bertz CT molecular complexity index is 272. The molecule has 1 atom stereocenters. The van der Waals surface area contributed by atoms with Gasteiger partial charge >= 0.3 is 6.03 Å². The first kappa shape index (κ1) is 10.9. The van der Waals surface area contributed by atoms with E-state index in [0.717, 1.165) is 0 Å². The molecule has 14 heavy (non-hydrogen) atoms. The number of amides is 2. The zero-order valence-electron chi connectivity index (χ0n) is 7.86. The van der Waals surface area contributed by atoms with Gasteiger partial charge in [0.15, 0.2) is 5.13 Å². The van der Waals surface area contributed by atoms with Crippen LogP contribution in [-0.2, 0) is 0 Å². The largest absolute Gasteiger partial charge is 0.394 e. The van der Waals surface area contributed by atoms with E-state index >= 15 is 0 Å². The highest BCUT2D eigenvalue weighted by Gasteiger charge is 2.09. The molecule has 0 bridgehead atoms. The number of hydrogen-bond acceptors (Lipinski definition) is 4. The number of aliphatic hydroxyl groups is 1. The summed E-state index contributed by atoms with van der Waals surface area (Å²) < 4.78 is 0. The van der Waals surface area contributed by atoms with Crippen LogP contribution in [0.15, 0.2) is 11.6 Å². The van der Waals surface area contributed by atoms with E-state index in [1.54, 1.807) is 11.6 Å². The fraction of sp³-hybridized carbons (Fsp3) is 0.500. The molecule has 0 aliphatic carbocycles. The summed E-state index contributed by atoms with van der Waals surface area (Å²) in [7, 11) is 0. The highest BCUT2D eigenvalue weighted by Crippen LogP contribution is 2.09. The summed E-state index contributed by atoms with van der Waals surface area (Å²) in [6.45, 7) is 1.84. The van der Waals surface area contributed by atoms with Gasteiger partial charge in [-0.25, -0.2) is 9.78 Å². The van der Waals surface area contributed by atoms with Crippen molar-refractivity contribution in [1.82, 2.24) is 10.3 Å². The van der Waals surface area contributed by atoms with Gasteiger partial charge in [-0.05, 0) is 6.42 Å².